The third kappa shape index (κ3) is 3.85. The summed E-state index contributed by atoms with van der Waals surface area (Å²) in [5.41, 5.74) is 7.79. The number of benzene rings is 2. The quantitative estimate of drug-likeness (QED) is 0.598. The summed E-state index contributed by atoms with van der Waals surface area (Å²) in [6.07, 6.45) is 3.22. The Morgan fingerprint density at radius 3 is 2.79 bits per heavy atom. The molecule has 1 aliphatic carbocycles. The average molecular weight is 392 g/mol. The fraction of sp³-hybridized carbons (Fsp3) is 0.304. The number of carbonyl (C=O) groups excluding carboxylic acids is 1. The zero-order valence-corrected chi connectivity index (χ0v) is 16.9. The van der Waals surface area contributed by atoms with Crippen molar-refractivity contribution in [1.29, 1.82) is 0 Å². The van der Waals surface area contributed by atoms with Crippen LogP contribution in [-0.4, -0.2) is 34.2 Å². The van der Waals surface area contributed by atoms with E-state index in [9.17, 15) is 4.79 Å². The van der Waals surface area contributed by atoms with Gasteiger partial charge in [-0.1, -0.05) is 43.3 Å². The van der Waals surface area contributed by atoms with Gasteiger partial charge in [0, 0.05) is 34.6 Å². The van der Waals surface area contributed by atoms with Gasteiger partial charge in [0.2, 0.25) is 0 Å². The van der Waals surface area contributed by atoms with Crippen LogP contribution in [0.3, 0.4) is 0 Å². The van der Waals surface area contributed by atoms with E-state index in [0.29, 0.717) is 12.1 Å². The summed E-state index contributed by atoms with van der Waals surface area (Å²) in [7, 11) is 0. The van der Waals surface area contributed by atoms with Crippen LogP contribution in [0.1, 0.15) is 34.8 Å². The topological polar surface area (TPSA) is 57.8 Å². The van der Waals surface area contributed by atoms with Crippen LogP contribution < -0.4 is 5.32 Å². The summed E-state index contributed by atoms with van der Waals surface area (Å²) in [6, 6.07) is 16.4. The van der Waals surface area contributed by atoms with Gasteiger partial charge in [-0.25, -0.2) is 0 Å². The second-order valence-corrected chi connectivity index (χ2v) is 8.36. The van der Waals surface area contributed by atoms with Crippen LogP contribution in [0.25, 0.3) is 22.5 Å². The molecule has 2 N–H and O–H groups in total. The molecule has 5 heteroatoms. The summed E-state index contributed by atoms with van der Waals surface area (Å²) in [4.78, 5) is 12.3. The van der Waals surface area contributed by atoms with Crippen molar-refractivity contribution in [3.05, 3.63) is 65.2 Å². The van der Waals surface area contributed by atoms with E-state index >= 15 is 0 Å². The minimum atomic E-state index is -0.0157. The molecule has 3 aromatic rings. The molecule has 144 valence electrons. The van der Waals surface area contributed by atoms with Crippen molar-refractivity contribution in [3.63, 3.8) is 0 Å². The Hall–Kier alpha value is -2.53. The lowest BCUT2D eigenvalue weighted by Gasteiger charge is -2.07. The Morgan fingerprint density at radius 2 is 1.96 bits per heavy atom. The van der Waals surface area contributed by atoms with E-state index in [-0.39, 0.29) is 5.91 Å². The summed E-state index contributed by atoms with van der Waals surface area (Å²) >= 11 is 1.83. The van der Waals surface area contributed by atoms with Crippen LogP contribution in [-0.2, 0) is 12.8 Å². The van der Waals surface area contributed by atoms with Crippen molar-refractivity contribution < 1.29 is 4.79 Å². The lowest BCUT2D eigenvalue weighted by Crippen LogP contribution is -2.25. The molecule has 0 saturated heterocycles. The summed E-state index contributed by atoms with van der Waals surface area (Å²) < 4.78 is 0. The van der Waals surface area contributed by atoms with Gasteiger partial charge in [-0.2, -0.15) is 16.9 Å². The van der Waals surface area contributed by atoms with Crippen LogP contribution in [0.5, 0.6) is 0 Å². The van der Waals surface area contributed by atoms with Gasteiger partial charge in [-0.3, -0.25) is 9.89 Å². The van der Waals surface area contributed by atoms with Gasteiger partial charge in [0.05, 0.1) is 11.4 Å². The molecule has 0 aliphatic heterocycles. The molecule has 1 heterocycles. The minimum Gasteiger partial charge on any atom is -0.351 e. The van der Waals surface area contributed by atoms with E-state index in [4.69, 9.17) is 0 Å². The molecule has 28 heavy (non-hydrogen) atoms. The standard InChI is InChI=1S/C23H25N3OS/c1-2-28-15-14-24-23(27)18-12-10-17(11-13-18)21-20-9-5-7-16-6-3-4-8-19(16)22(20)26-25-21/h3-4,6,8,10-13H,2,5,7,9,14-15H2,1H3,(H,24,27)(H,25,26). The smallest absolute Gasteiger partial charge is 0.251 e. The molecule has 2 aromatic carbocycles. The molecule has 4 nitrogen and oxygen atoms in total. The second kappa shape index (κ2) is 8.65. The average Bonchev–Trinajstić information content (AvgIpc) is 3.06. The van der Waals surface area contributed by atoms with Gasteiger partial charge >= 0.3 is 0 Å². The normalized spacial score (nSPS) is 12.8. The first-order valence-electron chi connectivity index (χ1n) is 9.90. The van der Waals surface area contributed by atoms with Gasteiger partial charge in [0.25, 0.3) is 5.91 Å². The van der Waals surface area contributed by atoms with Gasteiger partial charge in [0.1, 0.15) is 0 Å². The van der Waals surface area contributed by atoms with Crippen LogP contribution >= 0.6 is 11.8 Å². The highest BCUT2D eigenvalue weighted by molar-refractivity contribution is 7.99. The molecule has 0 radical (unpaired) electrons. The first kappa shape index (κ1) is 18.8. The number of aromatic amines is 1. The molecule has 0 spiro atoms. The summed E-state index contributed by atoms with van der Waals surface area (Å²) in [5.74, 6) is 2.00. The van der Waals surface area contributed by atoms with Crippen LogP contribution in [0.15, 0.2) is 48.5 Å². The molecule has 0 bridgehead atoms. The maximum atomic E-state index is 12.3. The molecule has 4 rings (SSSR count). The largest absolute Gasteiger partial charge is 0.351 e. The number of amides is 1. The molecular weight excluding hydrogens is 366 g/mol. The number of fused-ring (bicyclic) bond motifs is 3. The summed E-state index contributed by atoms with van der Waals surface area (Å²) in [5, 5.41) is 10.9. The highest BCUT2D eigenvalue weighted by Crippen LogP contribution is 2.36. The first-order valence-corrected chi connectivity index (χ1v) is 11.0. The molecular formula is C23H25N3OS. The van der Waals surface area contributed by atoms with Crippen molar-refractivity contribution >= 4 is 17.7 Å². The molecule has 1 amide bonds. The molecule has 0 unspecified atom stereocenters. The van der Waals surface area contributed by atoms with E-state index in [1.165, 1.54) is 16.7 Å². The number of nitrogens with zero attached hydrogens (tertiary/aromatic N) is 1. The third-order valence-corrected chi connectivity index (χ3v) is 6.08. The number of thioether (sulfide) groups is 1. The number of hydrogen-bond acceptors (Lipinski definition) is 3. The summed E-state index contributed by atoms with van der Waals surface area (Å²) in [6.45, 7) is 2.82. The zero-order valence-electron chi connectivity index (χ0n) is 16.1. The Kier molecular flexibility index (Phi) is 5.81. The van der Waals surface area contributed by atoms with Crippen molar-refractivity contribution in [2.45, 2.75) is 26.2 Å². The lowest BCUT2D eigenvalue weighted by molar-refractivity contribution is 0.0956. The number of aromatic nitrogens is 2. The Morgan fingerprint density at radius 1 is 1.14 bits per heavy atom. The maximum Gasteiger partial charge on any atom is 0.251 e. The Bertz CT molecular complexity index is 962. The Labute approximate surface area is 170 Å². The lowest BCUT2D eigenvalue weighted by atomic mass is 9.99. The van der Waals surface area contributed by atoms with Crippen molar-refractivity contribution in [3.8, 4) is 22.5 Å². The van der Waals surface area contributed by atoms with Crippen molar-refractivity contribution in [1.82, 2.24) is 15.5 Å². The number of H-pyrrole nitrogens is 1. The van der Waals surface area contributed by atoms with Crippen LogP contribution in [0.4, 0.5) is 0 Å². The van der Waals surface area contributed by atoms with Crippen molar-refractivity contribution in [2.24, 2.45) is 0 Å². The molecule has 0 fully saturated rings. The predicted molar refractivity (Wildman–Crippen MR) is 117 cm³/mol. The first-order chi connectivity index (χ1) is 13.8. The van der Waals surface area contributed by atoms with Gasteiger partial charge in [-0.05, 0) is 42.7 Å². The number of hydrogen-bond donors (Lipinski definition) is 2. The van der Waals surface area contributed by atoms with E-state index in [1.54, 1.807) is 0 Å². The van der Waals surface area contributed by atoms with E-state index in [0.717, 1.165) is 47.7 Å². The highest BCUT2D eigenvalue weighted by Gasteiger charge is 2.20. The fourth-order valence-corrected chi connectivity index (χ4v) is 4.31. The van der Waals surface area contributed by atoms with Gasteiger partial charge in [-0.15, -0.1) is 0 Å². The monoisotopic (exact) mass is 391 g/mol. The molecule has 0 atom stereocenters. The third-order valence-electron chi connectivity index (χ3n) is 5.18. The van der Waals surface area contributed by atoms with Gasteiger partial charge in [0.15, 0.2) is 0 Å². The van der Waals surface area contributed by atoms with Gasteiger partial charge < -0.3 is 5.32 Å². The van der Waals surface area contributed by atoms with E-state index in [1.807, 2.05) is 36.0 Å². The predicted octanol–water partition coefficient (Wildman–Crippen LogP) is 4.72. The molecule has 1 aromatic heterocycles. The maximum absolute atomic E-state index is 12.3. The van der Waals surface area contributed by atoms with Crippen LogP contribution in [0, 0.1) is 0 Å². The Balaban J connectivity index is 1.55. The second-order valence-electron chi connectivity index (χ2n) is 6.97. The van der Waals surface area contributed by atoms with E-state index in [2.05, 4.69) is 46.7 Å². The van der Waals surface area contributed by atoms with E-state index < -0.39 is 0 Å². The zero-order chi connectivity index (χ0) is 19.3. The van der Waals surface area contributed by atoms with Crippen LogP contribution in [0.2, 0.25) is 0 Å². The number of aryl methyl sites for hydroxylation is 1. The number of carbonyl (C=O) groups is 1. The fourth-order valence-electron chi connectivity index (χ4n) is 3.77. The number of rotatable bonds is 6. The SMILES string of the molecule is CCSCCNC(=O)c1ccc(-c2n[nH]c3c2CCCc2ccccc2-3)cc1. The molecule has 1 aliphatic rings. The highest BCUT2D eigenvalue weighted by atomic mass is 32.2. The number of nitrogens with one attached hydrogen (secondary N) is 2. The van der Waals surface area contributed by atoms with Crippen molar-refractivity contribution in [2.75, 3.05) is 18.1 Å². The molecule has 0 saturated carbocycles. The minimum absolute atomic E-state index is 0.0157.